The Bertz CT molecular complexity index is 814. The third kappa shape index (κ3) is 3.65. The van der Waals surface area contributed by atoms with Crippen molar-refractivity contribution in [2.45, 2.75) is 38.8 Å². The molecule has 0 bridgehead atoms. The van der Waals surface area contributed by atoms with Crippen molar-refractivity contribution in [2.75, 3.05) is 6.61 Å². The largest absolute Gasteiger partial charge is 0.462 e. The molecule has 0 amide bonds. The van der Waals surface area contributed by atoms with Crippen LogP contribution in [0.1, 0.15) is 53.0 Å². The predicted octanol–water partition coefficient (Wildman–Crippen LogP) is 4.52. The van der Waals surface area contributed by atoms with Gasteiger partial charge in [0.2, 0.25) is 0 Å². The van der Waals surface area contributed by atoms with E-state index in [0.717, 1.165) is 25.0 Å². The second-order valence-electron chi connectivity index (χ2n) is 5.97. The topological polar surface area (TPSA) is 52.1 Å². The number of aromatic nitrogens is 2. The van der Waals surface area contributed by atoms with Crippen LogP contribution < -0.4 is 0 Å². The van der Waals surface area contributed by atoms with Gasteiger partial charge in [0.25, 0.3) is 0 Å². The first-order valence-electron chi connectivity index (χ1n) is 8.04. The van der Waals surface area contributed by atoms with E-state index in [1.54, 1.807) is 13.8 Å². The van der Waals surface area contributed by atoms with Gasteiger partial charge in [-0.15, -0.1) is 0 Å². The molecule has 0 unspecified atom stereocenters. The minimum atomic E-state index is -4.44. The molecule has 1 aliphatic carbocycles. The van der Waals surface area contributed by atoms with Gasteiger partial charge in [0.15, 0.2) is 5.82 Å². The van der Waals surface area contributed by atoms with Gasteiger partial charge in [0.1, 0.15) is 5.56 Å². The van der Waals surface area contributed by atoms with Gasteiger partial charge in [-0.3, -0.25) is 0 Å². The van der Waals surface area contributed by atoms with Crippen molar-refractivity contribution in [1.82, 2.24) is 9.97 Å². The van der Waals surface area contributed by atoms with Gasteiger partial charge in [-0.25, -0.2) is 14.8 Å². The van der Waals surface area contributed by atoms with Crippen LogP contribution in [0, 0.1) is 6.92 Å². The summed E-state index contributed by atoms with van der Waals surface area (Å²) >= 11 is 0. The predicted molar refractivity (Wildman–Crippen MR) is 85.1 cm³/mol. The second kappa shape index (κ2) is 6.46. The van der Waals surface area contributed by atoms with Gasteiger partial charge in [0, 0.05) is 11.5 Å². The molecule has 0 atom stereocenters. The normalized spacial score (nSPS) is 14.4. The maximum Gasteiger partial charge on any atom is 0.416 e. The SMILES string of the molecule is CCOC(=O)c1c(C)nc(-c2cccc(C(F)(F)F)c2)nc1C1CC1. The van der Waals surface area contributed by atoms with Crippen LogP contribution in [0.5, 0.6) is 0 Å². The van der Waals surface area contributed by atoms with E-state index < -0.39 is 17.7 Å². The molecule has 1 aromatic carbocycles. The summed E-state index contributed by atoms with van der Waals surface area (Å²) in [5, 5.41) is 0. The highest BCUT2D eigenvalue weighted by atomic mass is 19.4. The molecule has 1 fully saturated rings. The zero-order valence-corrected chi connectivity index (χ0v) is 13.9. The maximum absolute atomic E-state index is 12.9. The van der Waals surface area contributed by atoms with Crippen LogP contribution in [-0.2, 0) is 10.9 Å². The summed E-state index contributed by atoms with van der Waals surface area (Å²) in [5.74, 6) is -0.165. The number of esters is 1. The van der Waals surface area contributed by atoms with Gasteiger partial charge in [-0.1, -0.05) is 12.1 Å². The lowest BCUT2D eigenvalue weighted by molar-refractivity contribution is -0.137. The molecule has 2 aromatic rings. The molecule has 1 aromatic heterocycles. The summed E-state index contributed by atoms with van der Waals surface area (Å²) in [6, 6.07) is 4.89. The van der Waals surface area contributed by atoms with Gasteiger partial charge in [0.05, 0.1) is 23.6 Å². The third-order valence-corrected chi connectivity index (χ3v) is 4.01. The molecule has 4 nitrogen and oxygen atoms in total. The Morgan fingerprint density at radius 1 is 1.28 bits per heavy atom. The Balaban J connectivity index is 2.08. The number of benzene rings is 1. The fourth-order valence-electron chi connectivity index (χ4n) is 2.67. The van der Waals surface area contributed by atoms with E-state index in [1.807, 2.05) is 0 Å². The molecule has 1 heterocycles. The molecular formula is C18H17F3N2O2. The maximum atomic E-state index is 12.9. The van der Waals surface area contributed by atoms with Crippen molar-refractivity contribution >= 4 is 5.97 Å². The molecule has 0 aliphatic heterocycles. The number of aryl methyl sites for hydroxylation is 1. The summed E-state index contributed by atoms with van der Waals surface area (Å²) in [5.41, 5.74) is 0.838. The monoisotopic (exact) mass is 350 g/mol. The van der Waals surface area contributed by atoms with Gasteiger partial charge < -0.3 is 4.74 Å². The number of rotatable bonds is 4. The van der Waals surface area contributed by atoms with Crippen molar-refractivity contribution in [2.24, 2.45) is 0 Å². The number of hydrogen-bond acceptors (Lipinski definition) is 4. The lowest BCUT2D eigenvalue weighted by Gasteiger charge is -2.13. The van der Waals surface area contributed by atoms with E-state index in [4.69, 9.17) is 4.74 Å². The van der Waals surface area contributed by atoms with Crippen LogP contribution >= 0.6 is 0 Å². The number of halogens is 3. The third-order valence-electron chi connectivity index (χ3n) is 4.01. The quantitative estimate of drug-likeness (QED) is 0.761. The van der Waals surface area contributed by atoms with Crippen molar-refractivity contribution in [3.8, 4) is 11.4 Å². The van der Waals surface area contributed by atoms with E-state index in [1.165, 1.54) is 12.1 Å². The first-order chi connectivity index (χ1) is 11.8. The summed E-state index contributed by atoms with van der Waals surface area (Å²) < 4.78 is 43.9. The van der Waals surface area contributed by atoms with Crippen molar-refractivity contribution in [3.63, 3.8) is 0 Å². The molecule has 0 N–H and O–H groups in total. The Hall–Kier alpha value is -2.44. The molecule has 1 saturated carbocycles. The Morgan fingerprint density at radius 3 is 2.60 bits per heavy atom. The average molecular weight is 350 g/mol. The Labute approximate surface area is 143 Å². The lowest BCUT2D eigenvalue weighted by atomic mass is 10.1. The highest BCUT2D eigenvalue weighted by molar-refractivity contribution is 5.92. The molecular weight excluding hydrogens is 333 g/mol. The van der Waals surface area contributed by atoms with Gasteiger partial charge in [-0.05, 0) is 38.8 Å². The molecule has 0 radical (unpaired) electrons. The van der Waals surface area contributed by atoms with Crippen LogP contribution in [0.15, 0.2) is 24.3 Å². The first-order valence-corrected chi connectivity index (χ1v) is 8.04. The van der Waals surface area contributed by atoms with E-state index in [2.05, 4.69) is 9.97 Å². The molecule has 0 saturated heterocycles. The summed E-state index contributed by atoms with van der Waals surface area (Å²) in [6.45, 7) is 3.59. The van der Waals surface area contributed by atoms with E-state index in [-0.39, 0.29) is 23.9 Å². The molecule has 7 heteroatoms. The average Bonchev–Trinajstić information content (AvgIpc) is 3.38. The summed E-state index contributed by atoms with van der Waals surface area (Å²) in [7, 11) is 0. The van der Waals surface area contributed by atoms with Crippen LogP contribution in [0.2, 0.25) is 0 Å². The zero-order chi connectivity index (χ0) is 18.2. The van der Waals surface area contributed by atoms with Crippen LogP contribution in [0.4, 0.5) is 13.2 Å². The van der Waals surface area contributed by atoms with Crippen LogP contribution in [0.3, 0.4) is 0 Å². The lowest BCUT2D eigenvalue weighted by Crippen LogP contribution is -2.14. The van der Waals surface area contributed by atoms with Crippen molar-refractivity contribution in [1.29, 1.82) is 0 Å². The number of hydrogen-bond donors (Lipinski definition) is 0. The smallest absolute Gasteiger partial charge is 0.416 e. The molecule has 132 valence electrons. The Kier molecular flexibility index (Phi) is 4.49. The fourth-order valence-corrected chi connectivity index (χ4v) is 2.67. The van der Waals surface area contributed by atoms with Gasteiger partial charge in [-0.2, -0.15) is 13.2 Å². The number of alkyl halides is 3. The number of carbonyl (C=O) groups excluding carboxylic acids is 1. The second-order valence-corrected chi connectivity index (χ2v) is 5.97. The van der Waals surface area contributed by atoms with Crippen molar-refractivity contribution in [3.05, 3.63) is 46.8 Å². The van der Waals surface area contributed by atoms with E-state index >= 15 is 0 Å². The zero-order valence-electron chi connectivity index (χ0n) is 13.9. The molecule has 1 aliphatic rings. The summed E-state index contributed by atoms with van der Waals surface area (Å²) in [6.07, 6.45) is -2.65. The molecule has 0 spiro atoms. The number of nitrogens with zero attached hydrogens (tertiary/aromatic N) is 2. The number of ether oxygens (including phenoxy) is 1. The minimum absolute atomic E-state index is 0.130. The standard InChI is InChI=1S/C18H17F3N2O2/c1-3-25-17(24)14-10(2)22-16(23-15(14)11-7-8-11)12-5-4-6-13(9-12)18(19,20)21/h4-6,9,11H,3,7-8H2,1-2H3. The van der Waals surface area contributed by atoms with Gasteiger partial charge >= 0.3 is 12.1 Å². The minimum Gasteiger partial charge on any atom is -0.462 e. The van der Waals surface area contributed by atoms with Crippen LogP contribution in [-0.4, -0.2) is 22.5 Å². The Morgan fingerprint density at radius 2 is 2.00 bits per heavy atom. The van der Waals surface area contributed by atoms with E-state index in [9.17, 15) is 18.0 Å². The highest BCUT2D eigenvalue weighted by Gasteiger charge is 2.33. The first kappa shape index (κ1) is 17.4. The summed E-state index contributed by atoms with van der Waals surface area (Å²) in [4.78, 5) is 20.9. The van der Waals surface area contributed by atoms with E-state index in [0.29, 0.717) is 17.0 Å². The fraction of sp³-hybridized carbons (Fsp3) is 0.389. The number of carbonyl (C=O) groups is 1. The highest BCUT2D eigenvalue weighted by Crippen LogP contribution is 2.42. The molecule has 25 heavy (non-hydrogen) atoms. The van der Waals surface area contributed by atoms with Crippen LogP contribution in [0.25, 0.3) is 11.4 Å². The van der Waals surface area contributed by atoms with Crippen molar-refractivity contribution < 1.29 is 22.7 Å². The molecule has 3 rings (SSSR count).